The molecule has 0 bridgehead atoms. The Labute approximate surface area is 163 Å². The van der Waals surface area contributed by atoms with E-state index in [-0.39, 0.29) is 5.91 Å². The van der Waals surface area contributed by atoms with Gasteiger partial charge in [0.1, 0.15) is 17.2 Å². The highest BCUT2D eigenvalue weighted by Crippen LogP contribution is 2.25. The zero-order valence-electron chi connectivity index (χ0n) is 15.7. The van der Waals surface area contributed by atoms with Gasteiger partial charge in [-0.05, 0) is 54.4 Å². The standard InChI is InChI=1S/C21H21N3O4/c1-26-18-8-9-19(27-2)15(13-18)3-10-20(25)24-16-4-6-17(7-5-16)28-21-14-22-11-12-23-21/h4-9,11-14H,3,10H2,1-2H3,(H,24,25). The van der Waals surface area contributed by atoms with Gasteiger partial charge in [-0.1, -0.05) is 0 Å². The molecule has 1 amide bonds. The number of carbonyl (C=O) groups excluding carboxylic acids is 1. The average Bonchev–Trinajstić information content (AvgIpc) is 2.74. The molecule has 2 aromatic carbocycles. The van der Waals surface area contributed by atoms with Crippen LogP contribution in [0, 0.1) is 0 Å². The van der Waals surface area contributed by atoms with Crippen LogP contribution in [0.25, 0.3) is 0 Å². The minimum atomic E-state index is -0.0903. The number of rotatable bonds is 8. The van der Waals surface area contributed by atoms with Gasteiger partial charge in [0.15, 0.2) is 0 Å². The van der Waals surface area contributed by atoms with Crippen molar-refractivity contribution in [3.8, 4) is 23.1 Å². The van der Waals surface area contributed by atoms with Crippen LogP contribution in [0.4, 0.5) is 5.69 Å². The fourth-order valence-corrected chi connectivity index (χ4v) is 2.61. The number of benzene rings is 2. The zero-order chi connectivity index (χ0) is 19.8. The van der Waals surface area contributed by atoms with E-state index in [0.717, 1.165) is 17.1 Å². The molecule has 144 valence electrons. The second-order valence-electron chi connectivity index (χ2n) is 5.90. The Morgan fingerprint density at radius 2 is 1.79 bits per heavy atom. The van der Waals surface area contributed by atoms with Crippen LogP contribution in [0.2, 0.25) is 0 Å². The van der Waals surface area contributed by atoms with Crippen LogP contribution < -0.4 is 19.5 Å². The second kappa shape index (κ2) is 9.36. The Hall–Kier alpha value is -3.61. The molecule has 1 heterocycles. The number of methoxy groups -OCH3 is 2. The van der Waals surface area contributed by atoms with Gasteiger partial charge in [-0.25, -0.2) is 4.98 Å². The predicted molar refractivity (Wildman–Crippen MR) is 105 cm³/mol. The van der Waals surface area contributed by atoms with Crippen LogP contribution in [-0.4, -0.2) is 30.1 Å². The largest absolute Gasteiger partial charge is 0.497 e. The van der Waals surface area contributed by atoms with Crippen molar-refractivity contribution in [2.24, 2.45) is 0 Å². The van der Waals surface area contributed by atoms with Crippen LogP contribution in [0.5, 0.6) is 23.1 Å². The highest BCUT2D eigenvalue weighted by Gasteiger charge is 2.09. The summed E-state index contributed by atoms with van der Waals surface area (Å²) in [6.07, 6.45) is 5.53. The van der Waals surface area contributed by atoms with E-state index in [1.807, 2.05) is 18.2 Å². The lowest BCUT2D eigenvalue weighted by Crippen LogP contribution is -2.12. The van der Waals surface area contributed by atoms with Gasteiger partial charge in [-0.2, -0.15) is 0 Å². The molecule has 0 spiro atoms. The number of hydrogen-bond acceptors (Lipinski definition) is 6. The third kappa shape index (κ3) is 5.20. The van der Waals surface area contributed by atoms with Crippen LogP contribution in [0.3, 0.4) is 0 Å². The van der Waals surface area contributed by atoms with Crippen molar-refractivity contribution in [1.29, 1.82) is 0 Å². The number of nitrogens with one attached hydrogen (secondary N) is 1. The van der Waals surface area contributed by atoms with Crippen molar-refractivity contribution < 1.29 is 19.0 Å². The molecule has 7 heteroatoms. The second-order valence-corrected chi connectivity index (χ2v) is 5.90. The van der Waals surface area contributed by atoms with E-state index < -0.39 is 0 Å². The summed E-state index contributed by atoms with van der Waals surface area (Å²) in [5.41, 5.74) is 1.61. The van der Waals surface area contributed by atoms with E-state index in [9.17, 15) is 4.79 Å². The highest BCUT2D eigenvalue weighted by molar-refractivity contribution is 5.90. The number of nitrogens with zero attached hydrogens (tertiary/aromatic N) is 2. The molecule has 3 rings (SSSR count). The van der Waals surface area contributed by atoms with Gasteiger partial charge in [-0.15, -0.1) is 0 Å². The number of aromatic nitrogens is 2. The molecule has 0 unspecified atom stereocenters. The van der Waals surface area contributed by atoms with Crippen molar-refractivity contribution in [1.82, 2.24) is 9.97 Å². The smallest absolute Gasteiger partial charge is 0.237 e. The fourth-order valence-electron chi connectivity index (χ4n) is 2.61. The van der Waals surface area contributed by atoms with Gasteiger partial charge < -0.3 is 19.5 Å². The van der Waals surface area contributed by atoms with Gasteiger partial charge in [0, 0.05) is 24.5 Å². The lowest BCUT2D eigenvalue weighted by Gasteiger charge is -2.11. The zero-order valence-corrected chi connectivity index (χ0v) is 15.7. The molecule has 1 aromatic heterocycles. The summed E-state index contributed by atoms with van der Waals surface area (Å²) in [4.78, 5) is 20.3. The quantitative estimate of drug-likeness (QED) is 0.640. The Balaban J connectivity index is 1.55. The molecule has 0 aliphatic carbocycles. The van der Waals surface area contributed by atoms with Gasteiger partial charge in [-0.3, -0.25) is 9.78 Å². The summed E-state index contributed by atoms with van der Waals surface area (Å²) in [6.45, 7) is 0. The summed E-state index contributed by atoms with van der Waals surface area (Å²) in [7, 11) is 3.21. The fraction of sp³-hybridized carbons (Fsp3) is 0.190. The Bertz CT molecular complexity index is 915. The maximum Gasteiger partial charge on any atom is 0.237 e. The number of anilines is 1. The minimum absolute atomic E-state index is 0.0903. The first-order valence-electron chi connectivity index (χ1n) is 8.72. The normalized spacial score (nSPS) is 10.2. The first-order chi connectivity index (χ1) is 13.7. The summed E-state index contributed by atoms with van der Waals surface area (Å²) in [6, 6.07) is 12.6. The van der Waals surface area contributed by atoms with E-state index in [1.54, 1.807) is 50.9 Å². The van der Waals surface area contributed by atoms with Crippen molar-refractivity contribution in [2.45, 2.75) is 12.8 Å². The maximum absolute atomic E-state index is 12.3. The van der Waals surface area contributed by atoms with E-state index in [4.69, 9.17) is 14.2 Å². The number of carbonyl (C=O) groups is 1. The van der Waals surface area contributed by atoms with E-state index in [1.165, 1.54) is 6.20 Å². The molecule has 0 fully saturated rings. The summed E-state index contributed by atoms with van der Waals surface area (Å²) in [5.74, 6) is 2.40. The summed E-state index contributed by atoms with van der Waals surface area (Å²) >= 11 is 0. The molecule has 0 radical (unpaired) electrons. The Morgan fingerprint density at radius 1 is 1.00 bits per heavy atom. The number of hydrogen-bond donors (Lipinski definition) is 1. The van der Waals surface area contributed by atoms with Gasteiger partial charge in [0.25, 0.3) is 0 Å². The molecular weight excluding hydrogens is 358 g/mol. The maximum atomic E-state index is 12.3. The summed E-state index contributed by atoms with van der Waals surface area (Å²) in [5, 5.41) is 2.87. The Morgan fingerprint density at radius 3 is 2.46 bits per heavy atom. The molecule has 0 aliphatic rings. The van der Waals surface area contributed by atoms with Crippen molar-refractivity contribution in [3.63, 3.8) is 0 Å². The van der Waals surface area contributed by atoms with Crippen LogP contribution >= 0.6 is 0 Å². The van der Waals surface area contributed by atoms with Gasteiger partial charge in [0.05, 0.1) is 20.4 Å². The van der Waals surface area contributed by atoms with Crippen LogP contribution in [-0.2, 0) is 11.2 Å². The predicted octanol–water partition coefficient (Wildman–Crippen LogP) is 3.86. The lowest BCUT2D eigenvalue weighted by molar-refractivity contribution is -0.116. The monoisotopic (exact) mass is 379 g/mol. The van der Waals surface area contributed by atoms with E-state index >= 15 is 0 Å². The molecule has 1 N–H and O–H groups in total. The number of ether oxygens (including phenoxy) is 3. The van der Waals surface area contributed by atoms with Crippen molar-refractivity contribution in [3.05, 3.63) is 66.6 Å². The Kier molecular flexibility index (Phi) is 6.41. The molecule has 0 atom stereocenters. The van der Waals surface area contributed by atoms with Crippen molar-refractivity contribution >= 4 is 11.6 Å². The first kappa shape index (κ1) is 19.2. The SMILES string of the molecule is COc1ccc(OC)c(CCC(=O)Nc2ccc(Oc3cnccn3)cc2)c1. The molecule has 7 nitrogen and oxygen atoms in total. The van der Waals surface area contributed by atoms with E-state index in [2.05, 4.69) is 15.3 Å². The summed E-state index contributed by atoms with van der Waals surface area (Å²) < 4.78 is 16.2. The molecule has 28 heavy (non-hydrogen) atoms. The third-order valence-electron chi connectivity index (χ3n) is 4.01. The lowest BCUT2D eigenvalue weighted by atomic mass is 10.1. The number of aryl methyl sites for hydroxylation is 1. The van der Waals surface area contributed by atoms with Gasteiger partial charge in [0.2, 0.25) is 11.8 Å². The van der Waals surface area contributed by atoms with Crippen molar-refractivity contribution in [2.75, 3.05) is 19.5 Å². The average molecular weight is 379 g/mol. The minimum Gasteiger partial charge on any atom is -0.497 e. The van der Waals surface area contributed by atoms with E-state index in [0.29, 0.717) is 30.2 Å². The van der Waals surface area contributed by atoms with Crippen LogP contribution in [0.15, 0.2) is 61.1 Å². The van der Waals surface area contributed by atoms with Gasteiger partial charge >= 0.3 is 0 Å². The molecular formula is C21H21N3O4. The highest BCUT2D eigenvalue weighted by atomic mass is 16.5. The molecule has 0 saturated heterocycles. The molecule has 3 aromatic rings. The topological polar surface area (TPSA) is 82.6 Å². The number of amides is 1. The van der Waals surface area contributed by atoms with Crippen LogP contribution in [0.1, 0.15) is 12.0 Å². The first-order valence-corrected chi connectivity index (χ1v) is 8.72. The molecule has 0 aliphatic heterocycles. The molecule has 0 saturated carbocycles. The third-order valence-corrected chi connectivity index (χ3v) is 4.01.